The number of rotatable bonds is 10. The fraction of sp³-hybridized carbons (Fsp3) is 0.400. The molecule has 0 bridgehead atoms. The Labute approximate surface area is 202 Å². The minimum absolute atomic E-state index is 0.0410. The van der Waals surface area contributed by atoms with E-state index in [9.17, 15) is 9.59 Å². The topological polar surface area (TPSA) is 88.4 Å². The minimum atomic E-state index is -0.481. The van der Waals surface area contributed by atoms with Crippen molar-refractivity contribution in [1.82, 2.24) is 4.57 Å². The molecular weight excluding hydrogens is 456 g/mol. The summed E-state index contributed by atoms with van der Waals surface area (Å²) in [4.78, 5) is 30.3. The fourth-order valence-corrected chi connectivity index (χ4v) is 4.54. The first-order chi connectivity index (χ1) is 16.4. The molecule has 0 saturated carbocycles. The molecule has 34 heavy (non-hydrogen) atoms. The molecule has 0 unspecified atom stereocenters. The van der Waals surface area contributed by atoms with Gasteiger partial charge in [0.1, 0.15) is 6.54 Å². The molecule has 0 atom stereocenters. The third-order valence-corrected chi connectivity index (χ3v) is 5.83. The molecule has 2 aromatic carbocycles. The van der Waals surface area contributed by atoms with E-state index in [1.165, 1.54) is 11.3 Å². The molecule has 182 valence electrons. The standard InChI is InChI=1S/C25H30N2O6S/c1-6-30-19-13-17(14-20(31-7-2)23(19)33-9-4)24(29)26-25-27(15-22(28)32-8-3)18-11-10-16(5)12-21(18)34-25/h10-14H,6-9,15H2,1-5H3. The van der Waals surface area contributed by atoms with Crippen LogP contribution in [0.3, 0.4) is 0 Å². The van der Waals surface area contributed by atoms with Crippen molar-refractivity contribution in [3.05, 3.63) is 46.3 Å². The highest BCUT2D eigenvalue weighted by atomic mass is 32.1. The lowest BCUT2D eigenvalue weighted by molar-refractivity contribution is -0.143. The zero-order valence-electron chi connectivity index (χ0n) is 20.2. The first kappa shape index (κ1) is 25.3. The maximum absolute atomic E-state index is 13.3. The van der Waals surface area contributed by atoms with Gasteiger partial charge in [-0.2, -0.15) is 4.99 Å². The van der Waals surface area contributed by atoms with E-state index in [1.807, 2.05) is 45.9 Å². The van der Waals surface area contributed by atoms with Gasteiger partial charge in [0.2, 0.25) is 5.75 Å². The Balaban J connectivity index is 2.13. The zero-order valence-corrected chi connectivity index (χ0v) is 21.0. The molecule has 0 fully saturated rings. The summed E-state index contributed by atoms with van der Waals surface area (Å²) in [5.74, 6) is 0.416. The minimum Gasteiger partial charge on any atom is -0.490 e. The lowest BCUT2D eigenvalue weighted by Crippen LogP contribution is -2.23. The van der Waals surface area contributed by atoms with Crippen molar-refractivity contribution in [2.24, 2.45) is 4.99 Å². The summed E-state index contributed by atoms with van der Waals surface area (Å²) >= 11 is 1.34. The van der Waals surface area contributed by atoms with Crippen LogP contribution in [0.5, 0.6) is 17.2 Å². The normalized spacial score (nSPS) is 11.5. The summed E-state index contributed by atoms with van der Waals surface area (Å²) in [6, 6.07) is 9.09. The van der Waals surface area contributed by atoms with Crippen LogP contribution in [0, 0.1) is 6.92 Å². The van der Waals surface area contributed by atoms with Crippen LogP contribution in [0.15, 0.2) is 35.3 Å². The summed E-state index contributed by atoms with van der Waals surface area (Å²) in [7, 11) is 0. The van der Waals surface area contributed by atoms with Crippen LogP contribution in [0.25, 0.3) is 10.2 Å². The van der Waals surface area contributed by atoms with Gasteiger partial charge in [-0.3, -0.25) is 9.59 Å². The average Bonchev–Trinajstić information content (AvgIpc) is 3.11. The number of amides is 1. The van der Waals surface area contributed by atoms with Crippen molar-refractivity contribution in [2.45, 2.75) is 41.2 Å². The van der Waals surface area contributed by atoms with E-state index in [2.05, 4.69) is 4.99 Å². The molecule has 0 saturated heterocycles. The predicted octanol–water partition coefficient (Wildman–Crippen LogP) is 4.51. The highest BCUT2D eigenvalue weighted by Crippen LogP contribution is 2.39. The van der Waals surface area contributed by atoms with Gasteiger partial charge in [0, 0.05) is 5.56 Å². The zero-order chi connectivity index (χ0) is 24.7. The number of carbonyl (C=O) groups excluding carboxylic acids is 2. The summed E-state index contributed by atoms with van der Waals surface area (Å²) < 4.78 is 24.9. The molecule has 0 N–H and O–H groups in total. The second kappa shape index (κ2) is 11.7. The lowest BCUT2D eigenvalue weighted by Gasteiger charge is -2.16. The predicted molar refractivity (Wildman–Crippen MR) is 131 cm³/mol. The molecule has 3 aromatic rings. The maximum Gasteiger partial charge on any atom is 0.326 e. The number of nitrogens with zero attached hydrogens (tertiary/aromatic N) is 2. The third-order valence-electron chi connectivity index (χ3n) is 4.78. The van der Waals surface area contributed by atoms with Crippen molar-refractivity contribution in [1.29, 1.82) is 0 Å². The Kier molecular flexibility index (Phi) is 8.70. The van der Waals surface area contributed by atoms with Crippen molar-refractivity contribution in [3.8, 4) is 17.2 Å². The van der Waals surface area contributed by atoms with Crippen molar-refractivity contribution >= 4 is 33.4 Å². The molecular formula is C25H30N2O6S. The Morgan fingerprint density at radius 1 is 0.912 bits per heavy atom. The van der Waals surface area contributed by atoms with Crippen molar-refractivity contribution in [3.63, 3.8) is 0 Å². The van der Waals surface area contributed by atoms with Gasteiger partial charge < -0.3 is 23.5 Å². The second-order valence-electron chi connectivity index (χ2n) is 7.26. The molecule has 8 nitrogen and oxygen atoms in total. The van der Waals surface area contributed by atoms with Crippen LogP contribution >= 0.6 is 11.3 Å². The Morgan fingerprint density at radius 2 is 1.56 bits per heavy atom. The number of benzene rings is 2. The van der Waals surface area contributed by atoms with Crippen LogP contribution in [0.2, 0.25) is 0 Å². The molecule has 0 aliphatic heterocycles. The van der Waals surface area contributed by atoms with Gasteiger partial charge in [-0.25, -0.2) is 0 Å². The highest BCUT2D eigenvalue weighted by Gasteiger charge is 2.19. The first-order valence-electron chi connectivity index (χ1n) is 11.3. The third kappa shape index (κ3) is 5.77. The molecule has 1 amide bonds. The number of aromatic nitrogens is 1. The number of hydrogen-bond acceptors (Lipinski definition) is 7. The summed E-state index contributed by atoms with van der Waals surface area (Å²) in [5, 5.41) is 0. The first-order valence-corrected chi connectivity index (χ1v) is 12.1. The van der Waals surface area contributed by atoms with Gasteiger partial charge in [0.25, 0.3) is 5.91 Å². The second-order valence-corrected chi connectivity index (χ2v) is 8.27. The smallest absolute Gasteiger partial charge is 0.326 e. The lowest BCUT2D eigenvalue weighted by atomic mass is 10.1. The number of aryl methyl sites for hydroxylation is 1. The van der Waals surface area contributed by atoms with E-state index >= 15 is 0 Å². The molecule has 1 aromatic heterocycles. The Morgan fingerprint density at radius 3 is 2.15 bits per heavy atom. The number of thiazole rings is 1. The average molecular weight is 487 g/mol. The number of fused-ring (bicyclic) bond motifs is 1. The van der Waals surface area contributed by atoms with Gasteiger partial charge in [-0.1, -0.05) is 17.4 Å². The van der Waals surface area contributed by atoms with Gasteiger partial charge in [0.05, 0.1) is 36.6 Å². The fourth-order valence-electron chi connectivity index (χ4n) is 3.42. The summed E-state index contributed by atoms with van der Waals surface area (Å²) in [5.41, 5.74) is 2.18. The molecule has 1 heterocycles. The Hall–Kier alpha value is -3.33. The van der Waals surface area contributed by atoms with E-state index in [4.69, 9.17) is 18.9 Å². The van der Waals surface area contributed by atoms with Crippen molar-refractivity contribution < 1.29 is 28.5 Å². The monoisotopic (exact) mass is 486 g/mol. The van der Waals surface area contributed by atoms with Gasteiger partial charge in [-0.15, -0.1) is 0 Å². The Bertz CT molecular complexity index is 1220. The maximum atomic E-state index is 13.3. The molecule has 3 rings (SSSR count). The van der Waals surface area contributed by atoms with E-state index in [-0.39, 0.29) is 13.2 Å². The number of ether oxygens (including phenoxy) is 4. The van der Waals surface area contributed by atoms with Crippen LogP contribution in [0.1, 0.15) is 43.6 Å². The van der Waals surface area contributed by atoms with Gasteiger partial charge in [0.15, 0.2) is 16.3 Å². The molecule has 9 heteroatoms. The molecule has 0 aliphatic carbocycles. The van der Waals surface area contributed by atoms with E-state index in [0.29, 0.717) is 47.4 Å². The molecule has 0 spiro atoms. The quantitative estimate of drug-likeness (QED) is 0.392. The van der Waals surface area contributed by atoms with Gasteiger partial charge in [-0.05, 0) is 64.4 Å². The van der Waals surface area contributed by atoms with Crippen LogP contribution in [-0.2, 0) is 16.1 Å². The van der Waals surface area contributed by atoms with E-state index in [0.717, 1.165) is 15.8 Å². The SMILES string of the molecule is CCOC(=O)Cn1c(=NC(=O)c2cc(OCC)c(OCC)c(OCC)c2)sc2cc(C)ccc21. The van der Waals surface area contributed by atoms with E-state index in [1.54, 1.807) is 23.6 Å². The van der Waals surface area contributed by atoms with Crippen molar-refractivity contribution in [2.75, 3.05) is 26.4 Å². The number of hydrogen-bond donors (Lipinski definition) is 0. The summed E-state index contributed by atoms with van der Waals surface area (Å²) in [6.07, 6.45) is 0. The molecule has 0 aliphatic rings. The molecule has 0 radical (unpaired) electrons. The van der Waals surface area contributed by atoms with Gasteiger partial charge >= 0.3 is 5.97 Å². The summed E-state index contributed by atoms with van der Waals surface area (Å²) in [6.45, 7) is 10.8. The largest absolute Gasteiger partial charge is 0.490 e. The van der Waals surface area contributed by atoms with E-state index < -0.39 is 11.9 Å². The number of esters is 1. The number of carbonyl (C=O) groups is 2. The van der Waals surface area contributed by atoms with Crippen LogP contribution in [0.4, 0.5) is 0 Å². The highest BCUT2D eigenvalue weighted by molar-refractivity contribution is 7.16. The van der Waals surface area contributed by atoms with Crippen LogP contribution < -0.4 is 19.0 Å². The van der Waals surface area contributed by atoms with Crippen LogP contribution in [-0.4, -0.2) is 42.9 Å².